The molecule has 1 amide bonds. The fraction of sp³-hybridized carbons (Fsp3) is 0.467. The number of hydrogen-bond donors (Lipinski definition) is 1. The second-order valence-corrected chi connectivity index (χ2v) is 6.99. The minimum absolute atomic E-state index is 0.0712. The number of carbonyl (C=O) groups is 1. The molecule has 20 heavy (non-hydrogen) atoms. The molecule has 0 saturated carbocycles. The van der Waals surface area contributed by atoms with E-state index >= 15 is 0 Å². The number of nitrogens with two attached hydrogens (primary N) is 1. The van der Waals surface area contributed by atoms with Crippen molar-refractivity contribution in [3.63, 3.8) is 0 Å². The predicted octanol–water partition coefficient (Wildman–Crippen LogP) is 3.29. The van der Waals surface area contributed by atoms with Gasteiger partial charge >= 0.3 is 0 Å². The first-order chi connectivity index (χ1) is 9.33. The summed E-state index contributed by atoms with van der Waals surface area (Å²) in [6.45, 7) is 5.49. The number of benzene rings is 1. The highest BCUT2D eigenvalue weighted by Crippen LogP contribution is 2.32. The zero-order valence-corrected chi connectivity index (χ0v) is 14.2. The van der Waals surface area contributed by atoms with Gasteiger partial charge in [-0.25, -0.2) is 0 Å². The molecule has 2 rings (SSSR count). The van der Waals surface area contributed by atoms with Crippen molar-refractivity contribution in [1.82, 2.24) is 4.90 Å². The third-order valence-corrected chi connectivity index (χ3v) is 5.25. The summed E-state index contributed by atoms with van der Waals surface area (Å²) in [6, 6.07) is 5.81. The fourth-order valence-corrected chi connectivity index (χ4v) is 3.28. The number of nitrogens with zero attached hydrogens (tertiary/aromatic N) is 1. The van der Waals surface area contributed by atoms with Crippen LogP contribution >= 0.6 is 28.1 Å². The smallest absolute Gasteiger partial charge is 0.254 e. The molecule has 0 bridgehead atoms. The van der Waals surface area contributed by atoms with Crippen LogP contribution in [0.5, 0.6) is 0 Å². The summed E-state index contributed by atoms with van der Waals surface area (Å²) >= 11 is 8.60. The fourth-order valence-electron chi connectivity index (χ4n) is 2.41. The number of halogens is 1. The van der Waals surface area contributed by atoms with Crippen molar-refractivity contribution in [2.45, 2.75) is 26.7 Å². The van der Waals surface area contributed by atoms with E-state index in [1.54, 1.807) is 0 Å². The zero-order valence-electron chi connectivity index (χ0n) is 11.8. The Balaban J connectivity index is 2.11. The highest BCUT2D eigenvalue weighted by Gasteiger charge is 2.34. The minimum Gasteiger partial charge on any atom is -0.393 e. The SMILES string of the molecule is Cc1ccc(C(=O)N2CCC(C)(C(N)=S)CC2)c(Br)c1. The van der Waals surface area contributed by atoms with Gasteiger partial charge in [-0.15, -0.1) is 0 Å². The first kappa shape index (κ1) is 15.4. The molecule has 3 nitrogen and oxygen atoms in total. The Labute approximate surface area is 133 Å². The third kappa shape index (κ3) is 3.04. The van der Waals surface area contributed by atoms with Crippen LogP contribution in [0.25, 0.3) is 0 Å². The standard InChI is InChI=1S/C15H19BrN2OS/c1-10-3-4-11(12(16)9-10)13(19)18-7-5-15(2,6-8-18)14(17)20/h3-4,9H,5-8H2,1-2H3,(H2,17,20). The maximum Gasteiger partial charge on any atom is 0.254 e. The lowest BCUT2D eigenvalue weighted by Crippen LogP contribution is -2.46. The maximum absolute atomic E-state index is 12.5. The van der Waals surface area contributed by atoms with Crippen molar-refractivity contribution in [2.75, 3.05) is 13.1 Å². The van der Waals surface area contributed by atoms with Gasteiger partial charge in [0.05, 0.1) is 10.6 Å². The second-order valence-electron chi connectivity index (χ2n) is 5.70. The average molecular weight is 355 g/mol. The Kier molecular flexibility index (Phi) is 4.49. The lowest BCUT2D eigenvalue weighted by Gasteiger charge is -2.38. The van der Waals surface area contributed by atoms with E-state index in [4.69, 9.17) is 18.0 Å². The van der Waals surface area contributed by atoms with Crippen LogP contribution in [0, 0.1) is 12.3 Å². The Morgan fingerprint density at radius 3 is 2.50 bits per heavy atom. The minimum atomic E-state index is -0.114. The van der Waals surface area contributed by atoms with Gasteiger partial charge in [0, 0.05) is 23.0 Å². The van der Waals surface area contributed by atoms with Crippen molar-refractivity contribution < 1.29 is 4.79 Å². The molecule has 0 unspecified atom stereocenters. The van der Waals surface area contributed by atoms with Gasteiger partial charge in [-0.05, 0) is 53.4 Å². The van der Waals surface area contributed by atoms with E-state index in [1.807, 2.05) is 30.0 Å². The first-order valence-corrected chi connectivity index (χ1v) is 7.89. The molecule has 108 valence electrons. The molecule has 0 aliphatic carbocycles. The van der Waals surface area contributed by atoms with Gasteiger partial charge in [0.1, 0.15) is 0 Å². The molecule has 1 aromatic rings. The molecule has 1 aliphatic rings. The quantitative estimate of drug-likeness (QED) is 0.828. The molecule has 1 aromatic carbocycles. The molecule has 0 aromatic heterocycles. The lowest BCUT2D eigenvalue weighted by atomic mass is 9.80. The molecule has 0 spiro atoms. The summed E-state index contributed by atoms with van der Waals surface area (Å²) in [6.07, 6.45) is 1.66. The van der Waals surface area contributed by atoms with Gasteiger partial charge in [-0.3, -0.25) is 4.79 Å². The summed E-state index contributed by atoms with van der Waals surface area (Å²) in [4.78, 5) is 15.0. The number of piperidine rings is 1. The van der Waals surface area contributed by atoms with E-state index < -0.39 is 0 Å². The normalized spacial score (nSPS) is 17.9. The molecular weight excluding hydrogens is 336 g/mol. The van der Waals surface area contributed by atoms with Crippen LogP contribution in [0.1, 0.15) is 35.7 Å². The molecule has 2 N–H and O–H groups in total. The third-order valence-electron chi connectivity index (χ3n) is 4.10. The van der Waals surface area contributed by atoms with Crippen LogP contribution in [-0.2, 0) is 0 Å². The number of thiocarbonyl (C=S) groups is 1. The van der Waals surface area contributed by atoms with E-state index in [-0.39, 0.29) is 11.3 Å². The number of rotatable bonds is 2. The van der Waals surface area contributed by atoms with Crippen LogP contribution in [0.15, 0.2) is 22.7 Å². The molecule has 0 radical (unpaired) electrons. The van der Waals surface area contributed by atoms with Crippen molar-refractivity contribution >= 4 is 39.0 Å². The number of hydrogen-bond acceptors (Lipinski definition) is 2. The highest BCUT2D eigenvalue weighted by atomic mass is 79.9. The summed E-state index contributed by atoms with van der Waals surface area (Å²) in [5.74, 6) is 0.0712. The van der Waals surface area contributed by atoms with Crippen LogP contribution in [0.3, 0.4) is 0 Å². The van der Waals surface area contributed by atoms with Crippen LogP contribution < -0.4 is 5.73 Å². The zero-order chi connectivity index (χ0) is 14.9. The Morgan fingerprint density at radius 1 is 1.40 bits per heavy atom. The van der Waals surface area contributed by atoms with Crippen LogP contribution in [0.4, 0.5) is 0 Å². The molecule has 1 heterocycles. The topological polar surface area (TPSA) is 46.3 Å². The Morgan fingerprint density at radius 2 is 2.00 bits per heavy atom. The van der Waals surface area contributed by atoms with Crippen molar-refractivity contribution in [3.05, 3.63) is 33.8 Å². The van der Waals surface area contributed by atoms with Gasteiger partial charge in [0.15, 0.2) is 0 Å². The molecular formula is C15H19BrN2OS. The summed E-state index contributed by atoms with van der Waals surface area (Å²) in [5.41, 5.74) is 7.53. The van der Waals surface area contributed by atoms with Crippen LogP contribution in [-0.4, -0.2) is 28.9 Å². The van der Waals surface area contributed by atoms with E-state index in [9.17, 15) is 4.79 Å². The molecule has 5 heteroatoms. The summed E-state index contributed by atoms with van der Waals surface area (Å²) in [5, 5.41) is 0. The van der Waals surface area contributed by atoms with E-state index in [0.717, 1.165) is 28.4 Å². The second kappa shape index (κ2) is 5.82. The number of aryl methyl sites for hydroxylation is 1. The molecule has 1 fully saturated rings. The maximum atomic E-state index is 12.5. The van der Waals surface area contributed by atoms with Crippen molar-refractivity contribution in [2.24, 2.45) is 11.1 Å². The Hall–Kier alpha value is -0.940. The van der Waals surface area contributed by atoms with E-state index in [0.29, 0.717) is 18.1 Å². The van der Waals surface area contributed by atoms with E-state index in [1.165, 1.54) is 0 Å². The summed E-state index contributed by atoms with van der Waals surface area (Å²) in [7, 11) is 0. The van der Waals surface area contributed by atoms with E-state index in [2.05, 4.69) is 22.9 Å². The number of carbonyl (C=O) groups excluding carboxylic acids is 1. The van der Waals surface area contributed by atoms with Gasteiger partial charge in [0.25, 0.3) is 5.91 Å². The predicted molar refractivity (Wildman–Crippen MR) is 88.9 cm³/mol. The lowest BCUT2D eigenvalue weighted by molar-refractivity contribution is 0.0669. The first-order valence-electron chi connectivity index (χ1n) is 6.69. The molecule has 1 saturated heterocycles. The van der Waals surface area contributed by atoms with Gasteiger partial charge in [-0.2, -0.15) is 0 Å². The van der Waals surface area contributed by atoms with Crippen LogP contribution in [0.2, 0.25) is 0 Å². The average Bonchev–Trinajstić information content (AvgIpc) is 2.38. The molecule has 0 atom stereocenters. The molecule has 1 aliphatic heterocycles. The highest BCUT2D eigenvalue weighted by molar-refractivity contribution is 9.10. The largest absolute Gasteiger partial charge is 0.393 e. The number of likely N-dealkylation sites (tertiary alicyclic amines) is 1. The summed E-state index contributed by atoms with van der Waals surface area (Å²) < 4.78 is 0.852. The van der Waals surface area contributed by atoms with Gasteiger partial charge in [0.2, 0.25) is 0 Å². The van der Waals surface area contributed by atoms with Crippen molar-refractivity contribution in [1.29, 1.82) is 0 Å². The van der Waals surface area contributed by atoms with Gasteiger partial charge < -0.3 is 10.6 Å². The van der Waals surface area contributed by atoms with Gasteiger partial charge in [-0.1, -0.05) is 25.2 Å². The monoisotopic (exact) mass is 354 g/mol. The Bertz CT molecular complexity index is 551. The van der Waals surface area contributed by atoms with Crippen molar-refractivity contribution in [3.8, 4) is 0 Å². The number of amides is 1.